The van der Waals surface area contributed by atoms with Gasteiger partial charge in [0.05, 0.1) is 29.2 Å². The second-order valence-corrected chi connectivity index (χ2v) is 10.4. The number of piperazine rings is 1. The Balaban J connectivity index is 1.61. The van der Waals surface area contributed by atoms with Crippen molar-refractivity contribution in [1.29, 1.82) is 0 Å². The van der Waals surface area contributed by atoms with E-state index in [0.717, 1.165) is 22.2 Å². The molecule has 1 N–H and O–H groups in total. The first kappa shape index (κ1) is 23.6. The summed E-state index contributed by atoms with van der Waals surface area (Å²) in [4.78, 5) is 23.6. The molecule has 0 atom stereocenters. The first-order chi connectivity index (χ1) is 15.8. The number of hydrogen-bond acceptors (Lipinski definition) is 6. The number of carbonyl (C=O) groups is 1. The summed E-state index contributed by atoms with van der Waals surface area (Å²) < 4.78 is 25.1. The molecule has 1 aliphatic rings. The summed E-state index contributed by atoms with van der Waals surface area (Å²) in [5.74, 6) is 0.0959. The number of alkyl halides is 1. The van der Waals surface area contributed by atoms with E-state index in [1.54, 1.807) is 6.20 Å². The van der Waals surface area contributed by atoms with Crippen LogP contribution in [0.4, 0.5) is 5.69 Å². The van der Waals surface area contributed by atoms with Crippen LogP contribution in [0.1, 0.15) is 12.0 Å². The topological polar surface area (TPSA) is 95.5 Å². The Hall–Kier alpha value is -2.59. The van der Waals surface area contributed by atoms with E-state index in [1.165, 1.54) is 10.6 Å². The molecule has 0 spiro atoms. The molecule has 2 aromatic carbocycles. The lowest BCUT2D eigenvalue weighted by Gasteiger charge is -2.33. The maximum Gasteiger partial charge on any atom is 0.225 e. The molecule has 1 aromatic heterocycles. The van der Waals surface area contributed by atoms with Crippen LogP contribution in [0.2, 0.25) is 0 Å². The van der Waals surface area contributed by atoms with Gasteiger partial charge in [-0.3, -0.25) is 14.7 Å². The quantitative estimate of drug-likeness (QED) is 0.515. The first-order valence-corrected chi connectivity index (χ1v) is 13.1. The number of sulfonamides is 1. The van der Waals surface area contributed by atoms with Crippen molar-refractivity contribution >= 4 is 44.3 Å². The summed E-state index contributed by atoms with van der Waals surface area (Å²) in [6, 6.07) is 13.5. The fraction of sp³-hybridized carbons (Fsp3) is 0.348. The Morgan fingerprint density at radius 3 is 2.52 bits per heavy atom. The molecule has 174 valence electrons. The van der Waals surface area contributed by atoms with Crippen LogP contribution >= 0.6 is 11.6 Å². The van der Waals surface area contributed by atoms with Gasteiger partial charge in [0.1, 0.15) is 0 Å². The predicted molar refractivity (Wildman–Crippen MR) is 131 cm³/mol. The van der Waals surface area contributed by atoms with Gasteiger partial charge >= 0.3 is 0 Å². The van der Waals surface area contributed by atoms with E-state index in [4.69, 9.17) is 16.6 Å². The number of nitrogens with one attached hydrogen (secondary N) is 1. The molecule has 2 heterocycles. The molecule has 0 radical (unpaired) electrons. The largest absolute Gasteiger partial charge is 0.326 e. The van der Waals surface area contributed by atoms with Crippen LogP contribution in [-0.2, 0) is 21.4 Å². The number of anilines is 1. The van der Waals surface area contributed by atoms with Gasteiger partial charge in [0.25, 0.3) is 0 Å². The maximum absolute atomic E-state index is 12.2. The van der Waals surface area contributed by atoms with Crippen molar-refractivity contribution in [2.45, 2.75) is 13.0 Å². The van der Waals surface area contributed by atoms with Gasteiger partial charge in [0, 0.05) is 56.3 Å². The Morgan fingerprint density at radius 2 is 1.82 bits per heavy atom. The number of halogens is 1. The molecule has 0 aliphatic carbocycles. The minimum absolute atomic E-state index is 0.153. The highest BCUT2D eigenvalue weighted by atomic mass is 35.5. The molecule has 4 rings (SSSR count). The fourth-order valence-corrected chi connectivity index (χ4v) is 4.88. The molecule has 10 heteroatoms. The third kappa shape index (κ3) is 6.05. The Bertz CT molecular complexity index is 1260. The zero-order chi connectivity index (χ0) is 23.4. The van der Waals surface area contributed by atoms with Gasteiger partial charge in [-0.1, -0.05) is 12.1 Å². The lowest BCUT2D eigenvalue weighted by molar-refractivity contribution is -0.115. The summed E-state index contributed by atoms with van der Waals surface area (Å²) in [7, 11) is -3.18. The molecule has 1 saturated heterocycles. The van der Waals surface area contributed by atoms with Crippen LogP contribution in [0.25, 0.3) is 22.3 Å². The van der Waals surface area contributed by atoms with Crippen molar-refractivity contribution in [3.63, 3.8) is 0 Å². The van der Waals surface area contributed by atoms with E-state index in [2.05, 4.69) is 15.2 Å². The van der Waals surface area contributed by atoms with Crippen LogP contribution in [0.3, 0.4) is 0 Å². The van der Waals surface area contributed by atoms with Crippen molar-refractivity contribution in [2.75, 3.05) is 43.6 Å². The highest BCUT2D eigenvalue weighted by molar-refractivity contribution is 7.88. The van der Waals surface area contributed by atoms with Crippen molar-refractivity contribution in [1.82, 2.24) is 19.2 Å². The maximum atomic E-state index is 12.2. The second-order valence-electron chi connectivity index (χ2n) is 8.09. The Labute approximate surface area is 198 Å². The molecule has 8 nitrogen and oxygen atoms in total. The fourth-order valence-electron chi connectivity index (χ4n) is 3.89. The molecular weight excluding hydrogens is 462 g/mol. The number of carbonyl (C=O) groups excluding carboxylic acids is 1. The summed E-state index contributed by atoms with van der Waals surface area (Å²) in [5.41, 5.74) is 4.84. The number of hydrogen-bond donors (Lipinski definition) is 1. The standard InChI is InChI=1S/C23H26ClN5O3S/c1-33(31,32)29-10-8-28(9-11-29)16-17-12-18(14-19(13-17)26-23(30)6-7-24)22-15-25-20-4-2-3-5-21(20)27-22/h2-5,12-15H,6-11,16H2,1H3,(H,26,30). The highest BCUT2D eigenvalue weighted by Crippen LogP contribution is 2.26. The van der Waals surface area contributed by atoms with Crippen molar-refractivity contribution in [3.8, 4) is 11.3 Å². The number of benzene rings is 2. The summed E-state index contributed by atoms with van der Waals surface area (Å²) in [6.45, 7) is 2.84. The van der Waals surface area contributed by atoms with Gasteiger partial charge in [-0.2, -0.15) is 4.31 Å². The van der Waals surface area contributed by atoms with E-state index in [-0.39, 0.29) is 18.2 Å². The molecule has 3 aromatic rings. The minimum Gasteiger partial charge on any atom is -0.326 e. The average Bonchev–Trinajstić information content (AvgIpc) is 2.78. The monoisotopic (exact) mass is 487 g/mol. The van der Waals surface area contributed by atoms with Crippen molar-refractivity contribution in [2.24, 2.45) is 0 Å². The van der Waals surface area contributed by atoms with E-state index >= 15 is 0 Å². The first-order valence-electron chi connectivity index (χ1n) is 10.7. The normalized spacial score (nSPS) is 15.6. The lowest BCUT2D eigenvalue weighted by atomic mass is 10.1. The number of rotatable bonds is 7. The highest BCUT2D eigenvalue weighted by Gasteiger charge is 2.23. The van der Waals surface area contributed by atoms with Gasteiger partial charge in [-0.05, 0) is 35.9 Å². The molecule has 1 aliphatic heterocycles. The Kier molecular flexibility index (Phi) is 7.23. The molecule has 1 fully saturated rings. The molecular formula is C23H26ClN5O3S. The van der Waals surface area contributed by atoms with E-state index in [1.807, 2.05) is 42.5 Å². The third-order valence-corrected chi connectivity index (χ3v) is 7.04. The van der Waals surface area contributed by atoms with Gasteiger partial charge in [-0.15, -0.1) is 11.6 Å². The number of para-hydroxylation sites is 2. The van der Waals surface area contributed by atoms with Gasteiger partial charge in [0.2, 0.25) is 15.9 Å². The smallest absolute Gasteiger partial charge is 0.225 e. The van der Waals surface area contributed by atoms with Gasteiger partial charge < -0.3 is 5.32 Å². The molecule has 1 amide bonds. The van der Waals surface area contributed by atoms with Crippen LogP contribution in [0.15, 0.2) is 48.7 Å². The summed E-state index contributed by atoms with van der Waals surface area (Å²) in [6.07, 6.45) is 3.20. The van der Waals surface area contributed by atoms with Crippen LogP contribution in [0, 0.1) is 0 Å². The lowest BCUT2D eigenvalue weighted by Crippen LogP contribution is -2.47. The van der Waals surface area contributed by atoms with Crippen molar-refractivity contribution < 1.29 is 13.2 Å². The molecule has 0 saturated carbocycles. The number of fused-ring (bicyclic) bond motifs is 1. The Morgan fingerprint density at radius 1 is 1.09 bits per heavy atom. The number of aromatic nitrogens is 2. The van der Waals surface area contributed by atoms with Crippen LogP contribution < -0.4 is 5.32 Å². The molecule has 0 bridgehead atoms. The van der Waals surface area contributed by atoms with Crippen LogP contribution in [0.5, 0.6) is 0 Å². The van der Waals surface area contributed by atoms with E-state index in [9.17, 15) is 13.2 Å². The van der Waals surface area contributed by atoms with E-state index in [0.29, 0.717) is 44.1 Å². The molecule has 33 heavy (non-hydrogen) atoms. The zero-order valence-corrected chi connectivity index (χ0v) is 19.9. The number of nitrogens with zero attached hydrogens (tertiary/aromatic N) is 4. The predicted octanol–water partition coefficient (Wildman–Crippen LogP) is 2.94. The minimum atomic E-state index is -3.18. The van der Waals surface area contributed by atoms with Gasteiger partial charge in [0.15, 0.2) is 0 Å². The van der Waals surface area contributed by atoms with E-state index < -0.39 is 10.0 Å². The molecule has 0 unspecified atom stereocenters. The third-order valence-electron chi connectivity index (χ3n) is 5.55. The summed E-state index contributed by atoms with van der Waals surface area (Å²) in [5, 5.41) is 2.92. The van der Waals surface area contributed by atoms with Crippen molar-refractivity contribution in [3.05, 3.63) is 54.2 Å². The average molecular weight is 488 g/mol. The van der Waals surface area contributed by atoms with Crippen LogP contribution in [-0.4, -0.2) is 71.8 Å². The van der Waals surface area contributed by atoms with Gasteiger partial charge in [-0.25, -0.2) is 13.4 Å². The summed E-state index contributed by atoms with van der Waals surface area (Å²) >= 11 is 5.72. The SMILES string of the molecule is CS(=O)(=O)N1CCN(Cc2cc(NC(=O)CCCl)cc(-c3cnc4ccccc4n3)c2)CC1. The number of amides is 1. The zero-order valence-electron chi connectivity index (χ0n) is 18.4. The second kappa shape index (κ2) is 10.1.